The zero-order valence-electron chi connectivity index (χ0n) is 10.8. The third-order valence-electron chi connectivity index (χ3n) is 3.52. The van der Waals surface area contributed by atoms with Gasteiger partial charge in [0, 0.05) is 13.3 Å². The summed E-state index contributed by atoms with van der Waals surface area (Å²) in [6.07, 6.45) is 9.75. The maximum Gasteiger partial charge on any atom is 0.302 e. The minimum Gasteiger partial charge on any atom is -0.462 e. The van der Waals surface area contributed by atoms with E-state index in [-0.39, 0.29) is 12.1 Å². The first kappa shape index (κ1) is 14.0. The van der Waals surface area contributed by atoms with Gasteiger partial charge in [-0.15, -0.1) is 0 Å². The molecule has 0 saturated heterocycles. The van der Waals surface area contributed by atoms with Crippen LogP contribution in [0.3, 0.4) is 0 Å². The van der Waals surface area contributed by atoms with E-state index in [0.717, 1.165) is 19.3 Å². The summed E-state index contributed by atoms with van der Waals surface area (Å²) in [5.41, 5.74) is 0. The van der Waals surface area contributed by atoms with E-state index in [1.807, 2.05) is 0 Å². The van der Waals surface area contributed by atoms with Crippen LogP contribution < -0.4 is 0 Å². The molecule has 1 fully saturated rings. The van der Waals surface area contributed by atoms with Gasteiger partial charge in [0.05, 0.1) is 6.07 Å². The molecule has 0 radical (unpaired) electrons. The lowest BCUT2D eigenvalue weighted by atomic mass is 9.83. The number of carbonyl (C=O) groups is 1. The zero-order chi connectivity index (χ0) is 12.5. The van der Waals surface area contributed by atoms with Crippen LogP contribution in [0.15, 0.2) is 0 Å². The average Bonchev–Trinajstić information content (AvgIpc) is 2.34. The summed E-state index contributed by atoms with van der Waals surface area (Å²) in [4.78, 5) is 11.1. The fourth-order valence-electron chi connectivity index (χ4n) is 2.66. The minimum absolute atomic E-state index is 0.0893. The van der Waals surface area contributed by atoms with E-state index in [1.165, 1.54) is 39.0 Å². The summed E-state index contributed by atoms with van der Waals surface area (Å²) >= 11 is 0. The van der Waals surface area contributed by atoms with Gasteiger partial charge in [-0.1, -0.05) is 19.3 Å². The Labute approximate surface area is 104 Å². The Morgan fingerprint density at radius 1 is 1.35 bits per heavy atom. The monoisotopic (exact) mass is 237 g/mol. The van der Waals surface area contributed by atoms with Crippen LogP contribution in [-0.2, 0) is 9.53 Å². The van der Waals surface area contributed by atoms with Crippen LogP contribution in [0.2, 0.25) is 0 Å². The predicted molar refractivity (Wildman–Crippen MR) is 66.2 cm³/mol. The molecule has 3 nitrogen and oxygen atoms in total. The molecule has 96 valence electrons. The molecule has 0 amide bonds. The Morgan fingerprint density at radius 2 is 2.06 bits per heavy atom. The molecular weight excluding hydrogens is 214 g/mol. The smallest absolute Gasteiger partial charge is 0.302 e. The van der Waals surface area contributed by atoms with Crippen molar-refractivity contribution in [3.8, 4) is 6.07 Å². The normalized spacial score (nSPS) is 18.4. The highest BCUT2D eigenvalue weighted by Crippen LogP contribution is 2.30. The standard InChI is InChI=1S/C14H23NO2/c1-12(16)17-14(10-6-3-7-11-15)13-8-4-2-5-9-13/h13-14H,2-10H2,1H3. The van der Waals surface area contributed by atoms with Crippen LogP contribution in [0.4, 0.5) is 0 Å². The highest BCUT2D eigenvalue weighted by molar-refractivity contribution is 5.66. The first-order valence-electron chi connectivity index (χ1n) is 6.78. The Balaban J connectivity index is 2.36. The van der Waals surface area contributed by atoms with E-state index in [0.29, 0.717) is 12.3 Å². The number of nitrogens with zero attached hydrogens (tertiary/aromatic N) is 1. The molecule has 3 heteroatoms. The molecule has 0 aromatic rings. The van der Waals surface area contributed by atoms with Crippen molar-refractivity contribution in [1.82, 2.24) is 0 Å². The third-order valence-corrected chi connectivity index (χ3v) is 3.52. The second kappa shape index (κ2) is 8.11. The van der Waals surface area contributed by atoms with Crippen LogP contribution in [0, 0.1) is 17.2 Å². The van der Waals surface area contributed by atoms with Gasteiger partial charge in [-0.25, -0.2) is 0 Å². The highest BCUT2D eigenvalue weighted by Gasteiger charge is 2.25. The van der Waals surface area contributed by atoms with Crippen molar-refractivity contribution in [3.05, 3.63) is 0 Å². The molecule has 1 saturated carbocycles. The second-order valence-corrected chi connectivity index (χ2v) is 4.95. The molecule has 1 unspecified atom stereocenters. The summed E-state index contributed by atoms with van der Waals surface area (Å²) in [6, 6.07) is 2.15. The van der Waals surface area contributed by atoms with Crippen molar-refractivity contribution < 1.29 is 9.53 Å². The van der Waals surface area contributed by atoms with Crippen molar-refractivity contribution in [2.24, 2.45) is 5.92 Å². The van der Waals surface area contributed by atoms with Crippen molar-refractivity contribution in [1.29, 1.82) is 5.26 Å². The van der Waals surface area contributed by atoms with Crippen molar-refractivity contribution >= 4 is 5.97 Å². The van der Waals surface area contributed by atoms with E-state index < -0.39 is 0 Å². The van der Waals surface area contributed by atoms with Gasteiger partial charge in [0.1, 0.15) is 6.10 Å². The maximum absolute atomic E-state index is 11.1. The first-order valence-corrected chi connectivity index (χ1v) is 6.78. The number of ether oxygens (including phenoxy) is 1. The molecule has 0 N–H and O–H groups in total. The maximum atomic E-state index is 11.1. The molecule has 0 spiro atoms. The fourth-order valence-corrected chi connectivity index (χ4v) is 2.66. The predicted octanol–water partition coefficient (Wildman–Crippen LogP) is 3.58. The Bertz CT molecular complexity index is 264. The molecular formula is C14H23NO2. The van der Waals surface area contributed by atoms with Gasteiger partial charge in [-0.2, -0.15) is 5.26 Å². The number of hydrogen-bond donors (Lipinski definition) is 0. The number of esters is 1. The molecule has 0 aromatic heterocycles. The molecule has 0 aliphatic heterocycles. The molecule has 17 heavy (non-hydrogen) atoms. The van der Waals surface area contributed by atoms with Gasteiger partial charge in [0.2, 0.25) is 0 Å². The highest BCUT2D eigenvalue weighted by atomic mass is 16.5. The Hall–Kier alpha value is -1.04. The number of rotatable bonds is 6. The van der Waals surface area contributed by atoms with Crippen molar-refractivity contribution in [2.75, 3.05) is 0 Å². The summed E-state index contributed by atoms with van der Waals surface area (Å²) in [5.74, 6) is 0.385. The van der Waals surface area contributed by atoms with Crippen LogP contribution >= 0.6 is 0 Å². The van der Waals surface area contributed by atoms with Gasteiger partial charge >= 0.3 is 5.97 Å². The van der Waals surface area contributed by atoms with Crippen LogP contribution in [0.5, 0.6) is 0 Å². The fraction of sp³-hybridized carbons (Fsp3) is 0.857. The molecule has 0 heterocycles. The van der Waals surface area contributed by atoms with E-state index in [2.05, 4.69) is 6.07 Å². The second-order valence-electron chi connectivity index (χ2n) is 4.95. The third kappa shape index (κ3) is 5.72. The molecule has 0 bridgehead atoms. The molecule has 0 aromatic carbocycles. The largest absolute Gasteiger partial charge is 0.462 e. The molecule has 1 aliphatic rings. The number of carbonyl (C=O) groups excluding carboxylic acids is 1. The number of hydrogen-bond acceptors (Lipinski definition) is 3. The lowest BCUT2D eigenvalue weighted by Crippen LogP contribution is -2.28. The molecule has 1 rings (SSSR count). The quantitative estimate of drug-likeness (QED) is 0.524. The molecule has 1 atom stereocenters. The van der Waals surface area contributed by atoms with E-state index in [1.54, 1.807) is 0 Å². The SMILES string of the molecule is CC(=O)OC(CCCCC#N)C1CCCCC1. The average molecular weight is 237 g/mol. The summed E-state index contributed by atoms with van der Waals surface area (Å²) in [5, 5.41) is 8.49. The molecule has 1 aliphatic carbocycles. The van der Waals surface area contributed by atoms with E-state index in [9.17, 15) is 4.79 Å². The Kier molecular flexibility index (Phi) is 6.69. The summed E-state index contributed by atoms with van der Waals surface area (Å²) in [6.45, 7) is 1.49. The summed E-state index contributed by atoms with van der Waals surface area (Å²) in [7, 11) is 0. The van der Waals surface area contributed by atoms with E-state index in [4.69, 9.17) is 10.00 Å². The zero-order valence-corrected chi connectivity index (χ0v) is 10.8. The van der Waals surface area contributed by atoms with Gasteiger partial charge in [0.15, 0.2) is 0 Å². The number of unbranched alkanes of at least 4 members (excludes halogenated alkanes) is 2. The topological polar surface area (TPSA) is 50.1 Å². The van der Waals surface area contributed by atoms with E-state index >= 15 is 0 Å². The Morgan fingerprint density at radius 3 is 2.65 bits per heavy atom. The lowest BCUT2D eigenvalue weighted by molar-refractivity contribution is -0.150. The van der Waals surface area contributed by atoms with Gasteiger partial charge in [-0.3, -0.25) is 4.79 Å². The van der Waals surface area contributed by atoms with Crippen LogP contribution in [0.1, 0.15) is 64.7 Å². The number of nitriles is 1. The van der Waals surface area contributed by atoms with Crippen molar-refractivity contribution in [2.45, 2.75) is 70.8 Å². The van der Waals surface area contributed by atoms with Crippen molar-refractivity contribution in [3.63, 3.8) is 0 Å². The lowest BCUT2D eigenvalue weighted by Gasteiger charge is -2.29. The minimum atomic E-state index is -0.166. The van der Waals surface area contributed by atoms with Gasteiger partial charge < -0.3 is 4.74 Å². The van der Waals surface area contributed by atoms with Crippen LogP contribution in [0.25, 0.3) is 0 Å². The first-order chi connectivity index (χ1) is 8.24. The van der Waals surface area contributed by atoms with Gasteiger partial charge in [0.25, 0.3) is 0 Å². The van der Waals surface area contributed by atoms with Crippen LogP contribution in [-0.4, -0.2) is 12.1 Å². The van der Waals surface area contributed by atoms with Gasteiger partial charge in [-0.05, 0) is 38.0 Å². The summed E-state index contributed by atoms with van der Waals surface area (Å²) < 4.78 is 5.45.